The fraction of sp³-hybridized carbons (Fsp3) is 0.118. The lowest BCUT2D eigenvalue weighted by molar-refractivity contribution is -0.118. The first-order chi connectivity index (χ1) is 11.1. The zero-order valence-corrected chi connectivity index (χ0v) is 12.1. The van der Waals surface area contributed by atoms with Crippen LogP contribution in [0.2, 0.25) is 0 Å². The summed E-state index contributed by atoms with van der Waals surface area (Å²) in [6, 6.07) is 13.9. The largest absolute Gasteiger partial charge is 0.482 e. The number of ether oxygens (including phenoxy) is 1. The van der Waals surface area contributed by atoms with E-state index in [0.717, 1.165) is 5.56 Å². The van der Waals surface area contributed by atoms with E-state index in [2.05, 4.69) is 10.6 Å². The van der Waals surface area contributed by atoms with Crippen molar-refractivity contribution in [2.75, 3.05) is 17.2 Å². The number of hydrogen-bond donors (Lipinski definition) is 2. The first-order valence-electron chi connectivity index (χ1n) is 6.99. The molecule has 0 radical (unpaired) electrons. The van der Waals surface area contributed by atoms with Crippen molar-refractivity contribution in [1.82, 2.24) is 0 Å². The summed E-state index contributed by atoms with van der Waals surface area (Å²) in [4.78, 5) is 23.4. The van der Waals surface area contributed by atoms with Crippen LogP contribution in [0.5, 0.6) is 5.75 Å². The van der Waals surface area contributed by atoms with E-state index in [0.29, 0.717) is 22.7 Å². The Hall–Kier alpha value is -3.33. The summed E-state index contributed by atoms with van der Waals surface area (Å²) >= 11 is 0. The molecule has 23 heavy (non-hydrogen) atoms. The van der Waals surface area contributed by atoms with Crippen molar-refractivity contribution in [2.45, 2.75) is 6.42 Å². The second-order valence-electron chi connectivity index (χ2n) is 5.08. The van der Waals surface area contributed by atoms with Gasteiger partial charge in [-0.2, -0.15) is 5.26 Å². The van der Waals surface area contributed by atoms with Crippen LogP contribution in [0.15, 0.2) is 42.5 Å². The summed E-state index contributed by atoms with van der Waals surface area (Å²) in [5, 5.41) is 14.2. The van der Waals surface area contributed by atoms with Crippen molar-refractivity contribution in [3.05, 3.63) is 53.6 Å². The Morgan fingerprint density at radius 1 is 1.26 bits per heavy atom. The third-order valence-corrected chi connectivity index (χ3v) is 3.34. The molecule has 114 valence electrons. The van der Waals surface area contributed by atoms with Gasteiger partial charge in [0.05, 0.1) is 23.7 Å². The Bertz CT molecular complexity index is 807. The fourth-order valence-electron chi connectivity index (χ4n) is 2.26. The molecule has 2 aromatic rings. The van der Waals surface area contributed by atoms with Crippen molar-refractivity contribution in [3.63, 3.8) is 0 Å². The van der Waals surface area contributed by atoms with E-state index < -0.39 is 0 Å². The minimum Gasteiger partial charge on any atom is -0.482 e. The van der Waals surface area contributed by atoms with Crippen molar-refractivity contribution in [3.8, 4) is 11.8 Å². The van der Waals surface area contributed by atoms with E-state index in [1.807, 2.05) is 6.07 Å². The van der Waals surface area contributed by atoms with Crippen molar-refractivity contribution < 1.29 is 14.3 Å². The van der Waals surface area contributed by atoms with Gasteiger partial charge in [-0.1, -0.05) is 6.07 Å². The predicted molar refractivity (Wildman–Crippen MR) is 84.1 cm³/mol. The first-order valence-corrected chi connectivity index (χ1v) is 6.99. The summed E-state index contributed by atoms with van der Waals surface area (Å²) in [5.41, 5.74) is 2.50. The predicted octanol–water partition coefficient (Wildman–Crippen LogP) is 2.07. The SMILES string of the molecule is N#Cc1ccc(NC(=O)Cc2ccc3c(c2)NC(=O)CO3)cc1. The molecule has 0 atom stereocenters. The molecule has 0 aromatic heterocycles. The number of nitriles is 1. The number of nitrogens with one attached hydrogen (secondary N) is 2. The lowest BCUT2D eigenvalue weighted by Gasteiger charge is -2.18. The van der Waals surface area contributed by atoms with Crippen LogP contribution in [-0.4, -0.2) is 18.4 Å². The molecule has 0 fully saturated rings. The number of carbonyl (C=O) groups is 2. The second kappa shape index (κ2) is 6.20. The van der Waals surface area contributed by atoms with Gasteiger partial charge in [0.25, 0.3) is 5.91 Å². The second-order valence-corrected chi connectivity index (χ2v) is 5.08. The highest BCUT2D eigenvalue weighted by molar-refractivity contribution is 5.96. The van der Waals surface area contributed by atoms with E-state index in [9.17, 15) is 9.59 Å². The van der Waals surface area contributed by atoms with Crippen LogP contribution in [0.25, 0.3) is 0 Å². The number of fused-ring (bicyclic) bond motifs is 1. The van der Waals surface area contributed by atoms with Gasteiger partial charge in [0.1, 0.15) is 5.75 Å². The molecule has 0 saturated carbocycles. The Morgan fingerprint density at radius 2 is 2.04 bits per heavy atom. The number of carbonyl (C=O) groups excluding carboxylic acids is 2. The van der Waals surface area contributed by atoms with Gasteiger partial charge in [-0.3, -0.25) is 9.59 Å². The maximum absolute atomic E-state index is 12.1. The molecule has 1 aliphatic heterocycles. The van der Waals surface area contributed by atoms with E-state index in [1.165, 1.54) is 0 Å². The lowest BCUT2D eigenvalue weighted by Crippen LogP contribution is -2.25. The van der Waals surface area contributed by atoms with E-state index in [-0.39, 0.29) is 24.8 Å². The molecule has 1 aliphatic rings. The topological polar surface area (TPSA) is 91.2 Å². The first kappa shape index (κ1) is 14.6. The Kier molecular flexibility index (Phi) is 3.93. The van der Waals surface area contributed by atoms with Crippen LogP contribution >= 0.6 is 0 Å². The fourth-order valence-corrected chi connectivity index (χ4v) is 2.26. The van der Waals surface area contributed by atoms with Crippen LogP contribution in [0.4, 0.5) is 11.4 Å². The molecule has 1 heterocycles. The third-order valence-electron chi connectivity index (χ3n) is 3.34. The van der Waals surface area contributed by atoms with Crippen LogP contribution < -0.4 is 15.4 Å². The molecule has 2 amide bonds. The van der Waals surface area contributed by atoms with Gasteiger partial charge in [0.2, 0.25) is 5.91 Å². The van der Waals surface area contributed by atoms with Crippen LogP contribution in [0.1, 0.15) is 11.1 Å². The average molecular weight is 307 g/mol. The average Bonchev–Trinajstić information content (AvgIpc) is 2.55. The summed E-state index contributed by atoms with van der Waals surface area (Å²) in [7, 11) is 0. The van der Waals surface area contributed by atoms with Gasteiger partial charge in [-0.25, -0.2) is 0 Å². The lowest BCUT2D eigenvalue weighted by atomic mass is 10.1. The molecule has 6 heteroatoms. The molecule has 0 saturated heterocycles. The molecular formula is C17H13N3O3. The summed E-state index contributed by atoms with van der Waals surface area (Å²) in [6.07, 6.45) is 0.170. The molecular weight excluding hydrogens is 294 g/mol. The summed E-state index contributed by atoms with van der Waals surface area (Å²) in [5.74, 6) is 0.204. The Balaban J connectivity index is 1.67. The number of rotatable bonds is 3. The van der Waals surface area contributed by atoms with Crippen LogP contribution in [0, 0.1) is 11.3 Å². The molecule has 3 rings (SSSR count). The molecule has 0 spiro atoms. The third kappa shape index (κ3) is 3.47. The zero-order valence-electron chi connectivity index (χ0n) is 12.1. The molecule has 0 unspecified atom stereocenters. The maximum atomic E-state index is 12.1. The van der Waals surface area contributed by atoms with Crippen LogP contribution in [-0.2, 0) is 16.0 Å². The van der Waals surface area contributed by atoms with Gasteiger partial charge in [0, 0.05) is 5.69 Å². The number of amides is 2. The zero-order chi connectivity index (χ0) is 16.2. The highest BCUT2D eigenvalue weighted by Crippen LogP contribution is 2.28. The van der Waals surface area contributed by atoms with E-state index >= 15 is 0 Å². The quantitative estimate of drug-likeness (QED) is 0.908. The highest BCUT2D eigenvalue weighted by atomic mass is 16.5. The van der Waals surface area contributed by atoms with Gasteiger partial charge < -0.3 is 15.4 Å². The van der Waals surface area contributed by atoms with E-state index in [1.54, 1.807) is 42.5 Å². The number of hydrogen-bond acceptors (Lipinski definition) is 4. The maximum Gasteiger partial charge on any atom is 0.262 e. The molecule has 0 bridgehead atoms. The Morgan fingerprint density at radius 3 is 2.78 bits per heavy atom. The summed E-state index contributed by atoms with van der Waals surface area (Å²) < 4.78 is 5.27. The Labute approximate surface area is 132 Å². The van der Waals surface area contributed by atoms with Crippen molar-refractivity contribution in [2.24, 2.45) is 0 Å². The van der Waals surface area contributed by atoms with Gasteiger partial charge >= 0.3 is 0 Å². The number of anilines is 2. The number of nitrogens with zero attached hydrogens (tertiary/aromatic N) is 1. The van der Waals surface area contributed by atoms with E-state index in [4.69, 9.17) is 10.00 Å². The number of benzene rings is 2. The molecule has 2 aromatic carbocycles. The van der Waals surface area contributed by atoms with Crippen molar-refractivity contribution in [1.29, 1.82) is 5.26 Å². The van der Waals surface area contributed by atoms with Crippen LogP contribution in [0.3, 0.4) is 0 Å². The normalized spacial score (nSPS) is 12.4. The van der Waals surface area contributed by atoms with Gasteiger partial charge in [-0.15, -0.1) is 0 Å². The monoisotopic (exact) mass is 307 g/mol. The minimum absolute atomic E-state index is 0.00548. The van der Waals surface area contributed by atoms with Crippen molar-refractivity contribution >= 4 is 23.2 Å². The van der Waals surface area contributed by atoms with Gasteiger partial charge in [-0.05, 0) is 42.0 Å². The summed E-state index contributed by atoms with van der Waals surface area (Å²) in [6.45, 7) is 0.00548. The standard InChI is InChI=1S/C17H13N3O3/c18-9-11-1-4-13(5-2-11)19-16(21)8-12-3-6-15-14(7-12)20-17(22)10-23-15/h1-7H,8,10H2,(H,19,21)(H,20,22). The smallest absolute Gasteiger partial charge is 0.262 e. The molecule has 0 aliphatic carbocycles. The van der Waals surface area contributed by atoms with Gasteiger partial charge in [0.15, 0.2) is 6.61 Å². The highest BCUT2D eigenvalue weighted by Gasteiger charge is 2.16. The molecule has 6 nitrogen and oxygen atoms in total. The molecule has 2 N–H and O–H groups in total. The minimum atomic E-state index is -0.211.